The molecule has 6 heteroatoms. The normalized spacial score (nSPS) is 13.7. The zero-order chi connectivity index (χ0) is 44.5. The third-order valence-corrected chi connectivity index (χ3v) is 11.6. The maximum absolute atomic E-state index is 13.2. The van der Waals surface area contributed by atoms with E-state index >= 15 is 0 Å². The van der Waals surface area contributed by atoms with E-state index in [-0.39, 0.29) is 31.3 Å². The van der Waals surface area contributed by atoms with Gasteiger partial charge in [0.2, 0.25) is 5.91 Å². The van der Waals surface area contributed by atoms with Crippen LogP contribution in [0.1, 0.15) is 252 Å². The fraction of sp³-hybridized carbons (Fsp3) is 0.782. The molecule has 0 saturated heterocycles. The highest BCUT2D eigenvalue weighted by Crippen LogP contribution is 2.17. The molecule has 1 amide bonds. The quantitative estimate of drug-likeness (QED) is 0.0322. The fourth-order valence-corrected chi connectivity index (χ4v) is 7.67. The number of hydrogen-bond acceptors (Lipinski definition) is 5. The second-order valence-electron chi connectivity index (χ2n) is 17.5. The van der Waals surface area contributed by atoms with E-state index in [0.29, 0.717) is 19.3 Å². The number of hydrogen-bond donors (Lipinski definition) is 3. The Bertz CT molecular complexity index is 1090. The minimum atomic E-state index is -0.804. The van der Waals surface area contributed by atoms with Crippen LogP contribution in [0.3, 0.4) is 0 Å². The molecule has 3 unspecified atom stereocenters. The van der Waals surface area contributed by atoms with Gasteiger partial charge in [-0.1, -0.05) is 223 Å². The molecule has 0 spiro atoms. The third kappa shape index (κ3) is 44.0. The number of aliphatic hydroxyl groups is 2. The molecule has 3 atom stereocenters. The van der Waals surface area contributed by atoms with Crippen molar-refractivity contribution in [1.82, 2.24) is 5.32 Å². The van der Waals surface area contributed by atoms with Crippen molar-refractivity contribution in [2.75, 3.05) is 6.61 Å². The van der Waals surface area contributed by atoms with Gasteiger partial charge in [-0.15, -0.1) is 0 Å². The van der Waals surface area contributed by atoms with E-state index in [1.807, 2.05) is 6.08 Å². The van der Waals surface area contributed by atoms with Gasteiger partial charge in [0, 0.05) is 6.42 Å². The van der Waals surface area contributed by atoms with E-state index in [9.17, 15) is 19.8 Å². The van der Waals surface area contributed by atoms with E-state index in [1.165, 1.54) is 116 Å². The van der Waals surface area contributed by atoms with Gasteiger partial charge in [-0.05, 0) is 77.0 Å². The van der Waals surface area contributed by atoms with Crippen LogP contribution in [-0.2, 0) is 14.3 Å². The lowest BCUT2D eigenvalue weighted by atomic mass is 10.0. The van der Waals surface area contributed by atoms with Crippen LogP contribution in [0.4, 0.5) is 0 Å². The molecule has 354 valence electrons. The van der Waals surface area contributed by atoms with E-state index in [2.05, 4.69) is 80.8 Å². The van der Waals surface area contributed by atoms with Crippen molar-refractivity contribution in [2.24, 2.45) is 0 Å². The van der Waals surface area contributed by atoms with Crippen LogP contribution in [-0.4, -0.2) is 46.9 Å². The first-order valence-electron chi connectivity index (χ1n) is 26.0. The molecule has 0 rings (SSSR count). The van der Waals surface area contributed by atoms with Crippen LogP contribution in [0, 0.1) is 0 Å². The van der Waals surface area contributed by atoms with E-state index < -0.39 is 18.2 Å². The summed E-state index contributed by atoms with van der Waals surface area (Å²) in [6.07, 6.45) is 60.0. The molecule has 0 saturated carbocycles. The van der Waals surface area contributed by atoms with Gasteiger partial charge >= 0.3 is 5.97 Å². The summed E-state index contributed by atoms with van der Waals surface area (Å²) in [6, 6.07) is -0.720. The van der Waals surface area contributed by atoms with Gasteiger partial charge in [-0.3, -0.25) is 9.59 Å². The van der Waals surface area contributed by atoms with Gasteiger partial charge in [-0.2, -0.15) is 0 Å². The number of esters is 1. The number of nitrogens with one attached hydrogen (secondary N) is 1. The highest BCUT2D eigenvalue weighted by Gasteiger charge is 2.24. The summed E-state index contributed by atoms with van der Waals surface area (Å²) in [4.78, 5) is 26.1. The molecule has 0 aliphatic rings. The summed E-state index contributed by atoms with van der Waals surface area (Å²) < 4.78 is 5.88. The minimum Gasteiger partial charge on any atom is -0.462 e. The van der Waals surface area contributed by atoms with Crippen molar-refractivity contribution < 1.29 is 24.5 Å². The third-order valence-electron chi connectivity index (χ3n) is 11.6. The summed E-state index contributed by atoms with van der Waals surface area (Å²) in [7, 11) is 0. The Kier molecular flexibility index (Phi) is 46.6. The number of rotatable bonds is 46. The van der Waals surface area contributed by atoms with Gasteiger partial charge in [0.25, 0.3) is 0 Å². The molecule has 0 fully saturated rings. The zero-order valence-electron chi connectivity index (χ0n) is 40.3. The van der Waals surface area contributed by atoms with Crippen molar-refractivity contribution in [2.45, 2.75) is 270 Å². The number of carbonyl (C=O) groups excluding carboxylic acids is 2. The molecule has 6 nitrogen and oxygen atoms in total. The number of carbonyl (C=O) groups is 2. The highest BCUT2D eigenvalue weighted by molar-refractivity contribution is 5.77. The van der Waals surface area contributed by atoms with Crippen LogP contribution in [0.15, 0.2) is 60.8 Å². The minimum absolute atomic E-state index is 0.0393. The number of allylic oxidation sites excluding steroid dienone is 10. The maximum atomic E-state index is 13.2. The zero-order valence-corrected chi connectivity index (χ0v) is 40.3. The lowest BCUT2D eigenvalue weighted by molar-refractivity contribution is -0.150. The molecule has 0 aromatic carbocycles. The Hall–Kier alpha value is -2.44. The molecule has 0 bridgehead atoms. The Morgan fingerprint density at radius 2 is 0.885 bits per heavy atom. The van der Waals surface area contributed by atoms with Crippen LogP contribution in [0.2, 0.25) is 0 Å². The molecule has 0 aliphatic heterocycles. The molecule has 3 N–H and O–H groups in total. The monoisotopic (exact) mass is 854 g/mol. The van der Waals surface area contributed by atoms with Gasteiger partial charge in [-0.25, -0.2) is 0 Å². The number of ether oxygens (including phenoxy) is 1. The van der Waals surface area contributed by atoms with Crippen LogP contribution in [0.25, 0.3) is 0 Å². The van der Waals surface area contributed by atoms with Crippen LogP contribution >= 0.6 is 0 Å². The first-order valence-corrected chi connectivity index (χ1v) is 26.0. The molecule has 0 aromatic heterocycles. The van der Waals surface area contributed by atoms with Crippen molar-refractivity contribution in [3.05, 3.63) is 60.8 Å². The van der Waals surface area contributed by atoms with Crippen LogP contribution in [0.5, 0.6) is 0 Å². The van der Waals surface area contributed by atoms with Crippen LogP contribution < -0.4 is 5.32 Å². The summed E-state index contributed by atoms with van der Waals surface area (Å²) >= 11 is 0. The summed E-state index contributed by atoms with van der Waals surface area (Å²) in [6.45, 7) is 6.35. The van der Waals surface area contributed by atoms with Crippen molar-refractivity contribution >= 4 is 11.9 Å². The number of aliphatic hydroxyl groups excluding tert-OH is 2. The average Bonchev–Trinajstić information content (AvgIpc) is 3.25. The molecule has 0 aromatic rings. The standard InChI is InChI=1S/C55H99NO5/c1-4-7-10-13-16-19-22-25-27-30-32-35-38-41-44-47-53(58)52(50-57)56-54(59)49-51(46-43-40-37-34-31-29-26-23-20-17-14-11-8-5-2)61-55(60)48-45-42-39-36-33-28-24-21-18-15-12-9-6-3/h8,11,17,20,26,28-29,33,39,42,51-53,57-58H,4-7,9-10,12-16,18-19,21-25,27,30-32,34-38,40-41,43-50H2,1-3H3,(H,56,59)/b11-8+,20-17+,29-26+,33-28-,42-39+. The van der Waals surface area contributed by atoms with Gasteiger partial charge in [0.1, 0.15) is 6.10 Å². The second kappa shape index (κ2) is 48.6. The molecule has 61 heavy (non-hydrogen) atoms. The topological polar surface area (TPSA) is 95.9 Å². The van der Waals surface area contributed by atoms with Crippen molar-refractivity contribution in [3.8, 4) is 0 Å². The van der Waals surface area contributed by atoms with Crippen molar-refractivity contribution in [3.63, 3.8) is 0 Å². The predicted molar refractivity (Wildman–Crippen MR) is 264 cm³/mol. The van der Waals surface area contributed by atoms with Crippen molar-refractivity contribution in [1.29, 1.82) is 0 Å². The Balaban J connectivity index is 4.65. The Morgan fingerprint density at radius 1 is 0.492 bits per heavy atom. The smallest absolute Gasteiger partial charge is 0.306 e. The van der Waals surface area contributed by atoms with Gasteiger partial charge in [0.05, 0.1) is 25.2 Å². The fourth-order valence-electron chi connectivity index (χ4n) is 7.67. The number of amides is 1. The first-order chi connectivity index (χ1) is 30.0. The van der Waals surface area contributed by atoms with E-state index in [4.69, 9.17) is 4.74 Å². The van der Waals surface area contributed by atoms with Gasteiger partial charge < -0.3 is 20.3 Å². The molecular weight excluding hydrogens is 755 g/mol. The Labute approximate surface area is 378 Å². The average molecular weight is 854 g/mol. The summed E-state index contributed by atoms with van der Waals surface area (Å²) in [5, 5.41) is 23.8. The molecule has 0 radical (unpaired) electrons. The molecule has 0 heterocycles. The lowest BCUT2D eigenvalue weighted by Crippen LogP contribution is -2.46. The second-order valence-corrected chi connectivity index (χ2v) is 17.5. The number of unbranched alkanes of at least 4 members (excludes halogenated alkanes) is 24. The SMILES string of the molecule is CC/C=C/C/C=C/C/C=C/CCCCCCC(CC(=O)NC(CO)C(O)CCCCCCCCCCCCCCCCC)OC(=O)CC/C=C/C/C=C\CCCCCCCC. The summed E-state index contributed by atoms with van der Waals surface area (Å²) in [5.41, 5.74) is 0. The maximum Gasteiger partial charge on any atom is 0.306 e. The summed E-state index contributed by atoms with van der Waals surface area (Å²) in [5.74, 6) is -0.575. The van der Waals surface area contributed by atoms with Gasteiger partial charge in [0.15, 0.2) is 0 Å². The van der Waals surface area contributed by atoms with E-state index in [1.54, 1.807) is 0 Å². The predicted octanol–water partition coefficient (Wildman–Crippen LogP) is 15.6. The Morgan fingerprint density at radius 3 is 1.34 bits per heavy atom. The molecular formula is C55H99NO5. The van der Waals surface area contributed by atoms with E-state index in [0.717, 1.165) is 83.5 Å². The lowest BCUT2D eigenvalue weighted by Gasteiger charge is -2.24. The molecule has 0 aliphatic carbocycles. The highest BCUT2D eigenvalue weighted by atomic mass is 16.5. The first kappa shape index (κ1) is 58.6. The largest absolute Gasteiger partial charge is 0.462 e.